The van der Waals surface area contributed by atoms with Crippen molar-refractivity contribution >= 4 is 16.6 Å². The van der Waals surface area contributed by atoms with Gasteiger partial charge in [-0.05, 0) is 38.2 Å². The van der Waals surface area contributed by atoms with E-state index in [0.717, 1.165) is 25.7 Å². The lowest BCUT2D eigenvalue weighted by molar-refractivity contribution is 0.0906. The highest BCUT2D eigenvalue weighted by atomic mass is 19.1. The van der Waals surface area contributed by atoms with Gasteiger partial charge in [-0.15, -0.1) is 0 Å². The molecule has 2 unspecified atom stereocenters. The maximum Gasteiger partial charge on any atom is 0.329 e. The number of aromatic amines is 1. The van der Waals surface area contributed by atoms with Crippen molar-refractivity contribution < 1.29 is 9.50 Å². The van der Waals surface area contributed by atoms with Gasteiger partial charge in [0.25, 0.3) is 5.56 Å². The molecule has 4 rings (SSSR count). The number of halogens is 1. The summed E-state index contributed by atoms with van der Waals surface area (Å²) in [5.41, 5.74) is 0.517. The monoisotopic (exact) mass is 361 g/mol. The summed E-state index contributed by atoms with van der Waals surface area (Å²) in [6.07, 6.45) is 2.94. The molecule has 2 atom stereocenters. The Morgan fingerprint density at radius 3 is 2.65 bits per heavy atom. The maximum absolute atomic E-state index is 14.9. The number of fused-ring (bicyclic) bond motifs is 1. The quantitative estimate of drug-likeness (QED) is 0.877. The van der Waals surface area contributed by atoms with E-state index in [4.69, 9.17) is 0 Å². The highest BCUT2D eigenvalue weighted by Crippen LogP contribution is 2.39. The normalized spacial score (nSPS) is 23.6. The summed E-state index contributed by atoms with van der Waals surface area (Å²) < 4.78 is 16.5. The lowest BCUT2D eigenvalue weighted by atomic mass is 9.91. The van der Waals surface area contributed by atoms with Crippen molar-refractivity contribution in [3.63, 3.8) is 0 Å². The van der Waals surface area contributed by atoms with Crippen LogP contribution < -0.4 is 16.1 Å². The fourth-order valence-corrected chi connectivity index (χ4v) is 4.30. The Balaban J connectivity index is 1.90. The molecule has 1 saturated heterocycles. The van der Waals surface area contributed by atoms with Gasteiger partial charge in [-0.1, -0.05) is 13.3 Å². The minimum absolute atomic E-state index is 0.0651. The first-order chi connectivity index (χ1) is 12.4. The summed E-state index contributed by atoms with van der Waals surface area (Å²) in [6, 6.07) is 1.29. The van der Waals surface area contributed by atoms with Crippen LogP contribution in [0.3, 0.4) is 0 Å². The van der Waals surface area contributed by atoms with Crippen molar-refractivity contribution in [2.45, 2.75) is 51.7 Å². The van der Waals surface area contributed by atoms with Gasteiger partial charge < -0.3 is 10.0 Å². The molecule has 2 aliphatic rings. The van der Waals surface area contributed by atoms with E-state index in [1.54, 1.807) is 11.5 Å². The number of hydrogen-bond acceptors (Lipinski definition) is 4. The molecule has 0 spiro atoms. The molecule has 26 heavy (non-hydrogen) atoms. The molecule has 1 aliphatic heterocycles. The maximum atomic E-state index is 14.9. The van der Waals surface area contributed by atoms with Gasteiger partial charge in [0, 0.05) is 24.7 Å². The van der Waals surface area contributed by atoms with Crippen molar-refractivity contribution in [1.29, 1.82) is 0 Å². The first-order valence-electron chi connectivity index (χ1n) is 9.33. The molecule has 0 radical (unpaired) electrons. The van der Waals surface area contributed by atoms with Crippen LogP contribution in [-0.2, 0) is 0 Å². The van der Waals surface area contributed by atoms with Crippen LogP contribution in [0.2, 0.25) is 0 Å². The summed E-state index contributed by atoms with van der Waals surface area (Å²) in [5.74, 6) is -0.258. The van der Waals surface area contributed by atoms with Gasteiger partial charge in [0.1, 0.15) is 5.82 Å². The number of hydrogen-bond donors (Lipinski definition) is 2. The number of piperidine rings is 1. The lowest BCUT2D eigenvalue weighted by Crippen LogP contribution is -2.44. The van der Waals surface area contributed by atoms with Crippen LogP contribution >= 0.6 is 0 Å². The molecule has 140 valence electrons. The smallest absolute Gasteiger partial charge is 0.329 e. The standard InChI is InChI=1S/C19H24FN3O3/c1-3-11-6-7-22(9-15(11)24)17-10(2)16-13(8-14(17)20)18(25)21-19(26)23(16)12-4-5-12/h8,11-12,15,24H,3-7,9H2,1-2H3,(H,21,25,26). The zero-order valence-corrected chi connectivity index (χ0v) is 15.1. The van der Waals surface area contributed by atoms with E-state index in [1.165, 1.54) is 6.07 Å². The number of nitrogens with zero attached hydrogens (tertiary/aromatic N) is 2. The summed E-state index contributed by atoms with van der Waals surface area (Å²) in [4.78, 5) is 28.7. The number of benzene rings is 1. The molecule has 1 saturated carbocycles. The van der Waals surface area contributed by atoms with Crippen molar-refractivity contribution in [3.05, 3.63) is 38.3 Å². The fraction of sp³-hybridized carbons (Fsp3) is 0.579. The van der Waals surface area contributed by atoms with Crippen molar-refractivity contribution in [3.8, 4) is 0 Å². The average molecular weight is 361 g/mol. The van der Waals surface area contributed by atoms with E-state index in [9.17, 15) is 19.1 Å². The Morgan fingerprint density at radius 2 is 2.04 bits per heavy atom. The number of rotatable bonds is 3. The van der Waals surface area contributed by atoms with Gasteiger partial charge >= 0.3 is 5.69 Å². The minimum Gasteiger partial charge on any atom is -0.391 e. The number of aliphatic hydroxyl groups excluding tert-OH is 1. The van der Waals surface area contributed by atoms with E-state index >= 15 is 0 Å². The van der Waals surface area contributed by atoms with Crippen molar-refractivity contribution in [2.75, 3.05) is 18.0 Å². The highest BCUT2D eigenvalue weighted by molar-refractivity contribution is 5.87. The molecule has 2 heterocycles. The molecular weight excluding hydrogens is 337 g/mol. The third-order valence-corrected chi connectivity index (χ3v) is 5.86. The number of H-pyrrole nitrogens is 1. The Hall–Kier alpha value is -2.15. The topological polar surface area (TPSA) is 78.3 Å². The molecule has 1 aromatic heterocycles. The van der Waals surface area contributed by atoms with Gasteiger partial charge in [-0.2, -0.15) is 0 Å². The van der Waals surface area contributed by atoms with Crippen molar-refractivity contribution in [1.82, 2.24) is 9.55 Å². The molecule has 1 aliphatic carbocycles. The first-order valence-corrected chi connectivity index (χ1v) is 9.33. The molecule has 1 aromatic carbocycles. The molecule has 0 amide bonds. The van der Waals surface area contributed by atoms with Crippen LogP contribution in [0.15, 0.2) is 15.7 Å². The van der Waals surface area contributed by atoms with Gasteiger partial charge in [-0.3, -0.25) is 14.3 Å². The minimum atomic E-state index is -0.555. The Morgan fingerprint density at radius 1 is 1.31 bits per heavy atom. The molecular formula is C19H24FN3O3. The van der Waals surface area contributed by atoms with Crippen LogP contribution in [0.4, 0.5) is 10.1 Å². The SMILES string of the molecule is CCC1CCN(c2c(F)cc3c(=O)[nH]c(=O)n(C4CC4)c3c2C)CC1O. The van der Waals surface area contributed by atoms with Crippen LogP contribution in [0.5, 0.6) is 0 Å². The van der Waals surface area contributed by atoms with E-state index in [-0.39, 0.29) is 17.3 Å². The van der Waals surface area contributed by atoms with Crippen LogP contribution in [0.25, 0.3) is 10.9 Å². The second-order valence-corrected chi connectivity index (χ2v) is 7.56. The third kappa shape index (κ3) is 2.65. The number of aliphatic hydroxyl groups is 1. The van der Waals surface area contributed by atoms with E-state index in [2.05, 4.69) is 4.98 Å². The summed E-state index contributed by atoms with van der Waals surface area (Å²) in [7, 11) is 0. The predicted molar refractivity (Wildman–Crippen MR) is 98.4 cm³/mol. The molecule has 2 fully saturated rings. The number of aromatic nitrogens is 2. The molecule has 0 bridgehead atoms. The molecule has 7 heteroatoms. The number of aryl methyl sites for hydroxylation is 1. The van der Waals surface area contributed by atoms with E-state index in [1.807, 2.05) is 11.8 Å². The summed E-state index contributed by atoms with van der Waals surface area (Å²) in [5, 5.41) is 10.6. The fourth-order valence-electron chi connectivity index (χ4n) is 4.30. The number of β-amino-alcohol motifs (C(OH)–C–C–N with tert-alkyl or cyclic N) is 1. The first kappa shape index (κ1) is 17.3. The predicted octanol–water partition coefficient (Wildman–Crippen LogP) is 2.07. The van der Waals surface area contributed by atoms with Gasteiger partial charge in [0.2, 0.25) is 0 Å². The number of anilines is 1. The van der Waals surface area contributed by atoms with Crippen LogP contribution in [0, 0.1) is 18.7 Å². The Bertz CT molecular complexity index is 977. The van der Waals surface area contributed by atoms with E-state index in [0.29, 0.717) is 29.9 Å². The van der Waals surface area contributed by atoms with Crippen LogP contribution in [-0.4, -0.2) is 33.9 Å². The van der Waals surface area contributed by atoms with Crippen molar-refractivity contribution in [2.24, 2.45) is 5.92 Å². The average Bonchev–Trinajstić information content (AvgIpc) is 3.41. The zero-order chi connectivity index (χ0) is 18.6. The highest BCUT2D eigenvalue weighted by Gasteiger charge is 2.32. The Kier molecular flexibility index (Phi) is 4.14. The molecule has 2 N–H and O–H groups in total. The second kappa shape index (κ2) is 6.23. The molecule has 2 aromatic rings. The van der Waals surface area contributed by atoms with E-state index < -0.39 is 23.2 Å². The van der Waals surface area contributed by atoms with Crippen LogP contribution in [0.1, 0.15) is 44.2 Å². The lowest BCUT2D eigenvalue weighted by Gasteiger charge is -2.38. The summed E-state index contributed by atoms with van der Waals surface area (Å²) >= 11 is 0. The Labute approximate surface area is 150 Å². The van der Waals surface area contributed by atoms with Gasteiger partial charge in [0.05, 0.1) is 22.7 Å². The number of nitrogens with one attached hydrogen (secondary N) is 1. The van der Waals surface area contributed by atoms with Gasteiger partial charge in [0.15, 0.2) is 0 Å². The zero-order valence-electron chi connectivity index (χ0n) is 15.1. The summed E-state index contributed by atoms with van der Waals surface area (Å²) in [6.45, 7) is 4.82. The van der Waals surface area contributed by atoms with Gasteiger partial charge in [-0.25, -0.2) is 9.18 Å². The third-order valence-electron chi connectivity index (χ3n) is 5.86. The molecule has 6 nitrogen and oxygen atoms in total. The largest absolute Gasteiger partial charge is 0.391 e. The second-order valence-electron chi connectivity index (χ2n) is 7.56.